The minimum atomic E-state index is 0.320. The molecular formula is C22H23N5O. The first-order chi connectivity index (χ1) is 13.9. The Bertz CT molecular complexity index is 1040. The van der Waals surface area contributed by atoms with Crippen LogP contribution in [0, 0.1) is 0 Å². The van der Waals surface area contributed by atoms with Crippen LogP contribution in [0.5, 0.6) is 0 Å². The summed E-state index contributed by atoms with van der Waals surface area (Å²) in [5.41, 5.74) is 4.38. The predicted octanol–water partition coefficient (Wildman–Crippen LogP) is 3.60. The number of hydrogen-bond donors (Lipinski definition) is 2. The molecule has 1 saturated heterocycles. The second kappa shape index (κ2) is 7.58. The predicted molar refractivity (Wildman–Crippen MR) is 108 cm³/mol. The minimum absolute atomic E-state index is 0.320. The first-order valence-corrected chi connectivity index (χ1v) is 9.75. The third kappa shape index (κ3) is 3.32. The quantitative estimate of drug-likeness (QED) is 0.559. The van der Waals surface area contributed by atoms with Crippen molar-refractivity contribution in [1.29, 1.82) is 0 Å². The van der Waals surface area contributed by atoms with E-state index >= 15 is 0 Å². The van der Waals surface area contributed by atoms with Crippen LogP contribution in [-0.2, 0) is 6.54 Å². The lowest BCUT2D eigenvalue weighted by Crippen LogP contribution is -2.45. The van der Waals surface area contributed by atoms with Crippen LogP contribution in [0.3, 0.4) is 0 Å². The number of aromatic nitrogens is 3. The van der Waals surface area contributed by atoms with Gasteiger partial charge in [-0.2, -0.15) is 5.10 Å². The Labute approximate surface area is 163 Å². The third-order valence-corrected chi connectivity index (χ3v) is 5.47. The molecule has 1 aliphatic heterocycles. The molecule has 28 heavy (non-hydrogen) atoms. The van der Waals surface area contributed by atoms with Crippen molar-refractivity contribution in [1.82, 2.24) is 25.4 Å². The molecule has 0 aliphatic carbocycles. The summed E-state index contributed by atoms with van der Waals surface area (Å²) in [7, 11) is 0. The number of benzene rings is 2. The summed E-state index contributed by atoms with van der Waals surface area (Å²) in [5.74, 6) is 0. The summed E-state index contributed by atoms with van der Waals surface area (Å²) in [6.45, 7) is 1.80. The average Bonchev–Trinajstić information content (AvgIpc) is 3.44. The molecule has 0 spiro atoms. The van der Waals surface area contributed by atoms with E-state index in [4.69, 9.17) is 4.42 Å². The monoisotopic (exact) mass is 373 g/mol. The number of piperidine rings is 1. The van der Waals surface area contributed by atoms with Gasteiger partial charge in [0.1, 0.15) is 18.2 Å². The molecule has 2 atom stereocenters. The van der Waals surface area contributed by atoms with Gasteiger partial charge in [0.25, 0.3) is 0 Å². The molecule has 6 nitrogen and oxygen atoms in total. The molecule has 1 aliphatic rings. The van der Waals surface area contributed by atoms with Crippen molar-refractivity contribution in [3.05, 3.63) is 78.6 Å². The highest BCUT2D eigenvalue weighted by molar-refractivity contribution is 5.82. The molecule has 2 aromatic heterocycles. The largest absolute Gasteiger partial charge is 0.464 e. The number of hydrogen-bond acceptors (Lipinski definition) is 5. The van der Waals surface area contributed by atoms with Crippen molar-refractivity contribution >= 4 is 11.0 Å². The first-order valence-electron chi connectivity index (χ1n) is 9.75. The summed E-state index contributed by atoms with van der Waals surface area (Å²) in [6, 6.07) is 17.6. The van der Waals surface area contributed by atoms with Gasteiger partial charge in [-0.05, 0) is 43.1 Å². The summed E-state index contributed by atoms with van der Waals surface area (Å²) in [5, 5.41) is 12.8. The Balaban J connectivity index is 1.41. The van der Waals surface area contributed by atoms with E-state index in [1.807, 2.05) is 6.07 Å². The van der Waals surface area contributed by atoms with Crippen molar-refractivity contribution < 1.29 is 4.42 Å². The minimum Gasteiger partial charge on any atom is -0.464 e. The number of rotatable bonds is 5. The third-order valence-electron chi connectivity index (χ3n) is 5.47. The molecule has 6 heteroatoms. The summed E-state index contributed by atoms with van der Waals surface area (Å²) < 4.78 is 7.55. The van der Waals surface area contributed by atoms with E-state index in [2.05, 4.69) is 63.2 Å². The molecule has 0 bridgehead atoms. The van der Waals surface area contributed by atoms with Crippen molar-refractivity contribution in [2.24, 2.45) is 0 Å². The zero-order valence-corrected chi connectivity index (χ0v) is 15.6. The molecule has 0 unspecified atom stereocenters. The fourth-order valence-electron chi connectivity index (χ4n) is 4.10. The van der Waals surface area contributed by atoms with Gasteiger partial charge in [0.05, 0.1) is 12.0 Å². The Kier molecular flexibility index (Phi) is 4.64. The molecule has 2 N–H and O–H groups in total. The lowest BCUT2D eigenvalue weighted by atomic mass is 9.92. The number of nitrogens with one attached hydrogen (secondary N) is 2. The number of fused-ring (bicyclic) bond motifs is 1. The van der Waals surface area contributed by atoms with Crippen LogP contribution in [-0.4, -0.2) is 27.4 Å². The molecular weight excluding hydrogens is 350 g/mol. The maximum atomic E-state index is 5.77. The number of furan rings is 1. The zero-order chi connectivity index (χ0) is 18.8. The van der Waals surface area contributed by atoms with E-state index in [0.717, 1.165) is 41.7 Å². The average molecular weight is 373 g/mol. The Morgan fingerprint density at radius 3 is 2.96 bits per heavy atom. The maximum absolute atomic E-state index is 5.77. The van der Waals surface area contributed by atoms with E-state index in [1.54, 1.807) is 23.6 Å². The van der Waals surface area contributed by atoms with Crippen molar-refractivity contribution in [2.45, 2.75) is 31.5 Å². The highest BCUT2D eigenvalue weighted by Gasteiger charge is 2.25. The standard InChI is InChI=1S/C22H23N5O/c1-2-5-16(6-3-1)21-20(7-4-9-24-21)25-13-18-12-19(27-15-23-14-26-27)11-17-8-10-28-22(17)18/h1-3,5-6,8,10-12,14-15,20-21,24-25H,4,7,9,13H2/t20-,21-/m0/s1. The second-order valence-electron chi connectivity index (χ2n) is 7.26. The second-order valence-corrected chi connectivity index (χ2v) is 7.26. The molecule has 5 rings (SSSR count). The van der Waals surface area contributed by atoms with E-state index in [9.17, 15) is 0 Å². The van der Waals surface area contributed by atoms with Gasteiger partial charge in [0, 0.05) is 29.6 Å². The van der Waals surface area contributed by atoms with Crippen molar-refractivity contribution in [3.8, 4) is 5.69 Å². The highest BCUT2D eigenvalue weighted by atomic mass is 16.3. The van der Waals surface area contributed by atoms with Crippen molar-refractivity contribution in [2.75, 3.05) is 6.54 Å². The summed E-state index contributed by atoms with van der Waals surface area (Å²) in [4.78, 5) is 4.06. The SMILES string of the molecule is c1ccc([C@@H]2NCCC[C@@H]2NCc2cc(-n3cncn3)cc3ccoc23)cc1. The zero-order valence-electron chi connectivity index (χ0n) is 15.6. The van der Waals surface area contributed by atoms with Crippen LogP contribution in [0.25, 0.3) is 16.7 Å². The van der Waals surface area contributed by atoms with E-state index < -0.39 is 0 Å². The van der Waals surface area contributed by atoms with Crippen molar-refractivity contribution in [3.63, 3.8) is 0 Å². The van der Waals surface area contributed by atoms with Gasteiger partial charge in [0.2, 0.25) is 0 Å². The van der Waals surface area contributed by atoms with Crippen LogP contribution in [0.1, 0.15) is 30.0 Å². The lowest BCUT2D eigenvalue weighted by Gasteiger charge is -2.34. The fraction of sp³-hybridized carbons (Fsp3) is 0.273. The van der Waals surface area contributed by atoms with E-state index in [1.165, 1.54) is 12.0 Å². The van der Waals surface area contributed by atoms with Gasteiger partial charge >= 0.3 is 0 Å². The molecule has 2 aromatic carbocycles. The van der Waals surface area contributed by atoms with Gasteiger partial charge in [0.15, 0.2) is 0 Å². The molecule has 0 saturated carbocycles. The maximum Gasteiger partial charge on any atom is 0.138 e. The van der Waals surface area contributed by atoms with Crippen LogP contribution in [0.15, 0.2) is 71.9 Å². The van der Waals surface area contributed by atoms with Crippen LogP contribution >= 0.6 is 0 Å². The summed E-state index contributed by atoms with van der Waals surface area (Å²) >= 11 is 0. The molecule has 3 heterocycles. The normalized spacial score (nSPS) is 19.9. The van der Waals surface area contributed by atoms with Gasteiger partial charge in [-0.1, -0.05) is 30.3 Å². The Hall–Kier alpha value is -2.96. The highest BCUT2D eigenvalue weighted by Crippen LogP contribution is 2.27. The van der Waals surface area contributed by atoms with Crippen LogP contribution in [0.4, 0.5) is 0 Å². The van der Waals surface area contributed by atoms with Crippen LogP contribution in [0.2, 0.25) is 0 Å². The molecule has 4 aromatic rings. The van der Waals surface area contributed by atoms with Gasteiger partial charge < -0.3 is 15.1 Å². The molecule has 0 amide bonds. The van der Waals surface area contributed by atoms with Gasteiger partial charge in [-0.15, -0.1) is 0 Å². The smallest absolute Gasteiger partial charge is 0.138 e. The lowest BCUT2D eigenvalue weighted by molar-refractivity contribution is 0.304. The summed E-state index contributed by atoms with van der Waals surface area (Å²) in [6.07, 6.45) is 7.34. The van der Waals surface area contributed by atoms with Crippen LogP contribution < -0.4 is 10.6 Å². The molecule has 1 fully saturated rings. The topological polar surface area (TPSA) is 67.9 Å². The molecule has 142 valence electrons. The first kappa shape index (κ1) is 17.2. The van der Waals surface area contributed by atoms with Gasteiger partial charge in [-0.3, -0.25) is 0 Å². The fourth-order valence-corrected chi connectivity index (χ4v) is 4.10. The molecule has 0 radical (unpaired) electrons. The van der Waals surface area contributed by atoms with E-state index in [0.29, 0.717) is 12.1 Å². The Morgan fingerprint density at radius 1 is 1.18 bits per heavy atom. The van der Waals surface area contributed by atoms with E-state index in [-0.39, 0.29) is 0 Å². The Morgan fingerprint density at radius 2 is 2.11 bits per heavy atom. The number of nitrogens with zero attached hydrogens (tertiary/aromatic N) is 3. The van der Waals surface area contributed by atoms with Gasteiger partial charge in [-0.25, -0.2) is 9.67 Å².